The molecule has 4 nitrogen and oxygen atoms in total. The summed E-state index contributed by atoms with van der Waals surface area (Å²) in [6, 6.07) is 4.30. The first kappa shape index (κ1) is 16.8. The molecule has 0 N–H and O–H groups in total. The van der Waals surface area contributed by atoms with Gasteiger partial charge in [-0.1, -0.05) is 0 Å². The molecule has 1 aromatic rings. The number of ether oxygens (including phenoxy) is 2. The second kappa shape index (κ2) is 8.19. The van der Waals surface area contributed by atoms with E-state index in [4.69, 9.17) is 9.47 Å². The van der Waals surface area contributed by atoms with Gasteiger partial charge in [0.1, 0.15) is 0 Å². The molecule has 1 aromatic carbocycles. The minimum Gasteiger partial charge on any atom is -0.493 e. The zero-order valence-electron chi connectivity index (χ0n) is 13.2. The maximum Gasteiger partial charge on any atom is 0.174 e. The highest BCUT2D eigenvalue weighted by Crippen LogP contribution is 2.33. The van der Waals surface area contributed by atoms with Gasteiger partial charge >= 0.3 is 0 Å². The number of rotatable bonds is 6. The van der Waals surface area contributed by atoms with Crippen molar-refractivity contribution in [1.82, 2.24) is 9.80 Å². The summed E-state index contributed by atoms with van der Waals surface area (Å²) in [7, 11) is 5.58. The number of aryl methyl sites for hydroxylation is 1. The van der Waals surface area contributed by atoms with Crippen LogP contribution in [0.25, 0.3) is 0 Å². The van der Waals surface area contributed by atoms with Gasteiger partial charge in [-0.2, -0.15) is 0 Å². The van der Waals surface area contributed by atoms with Crippen molar-refractivity contribution in [3.8, 4) is 11.5 Å². The van der Waals surface area contributed by atoms with Crippen LogP contribution in [-0.4, -0.2) is 63.8 Å². The number of benzene rings is 1. The van der Waals surface area contributed by atoms with Crippen molar-refractivity contribution in [1.29, 1.82) is 0 Å². The summed E-state index contributed by atoms with van der Waals surface area (Å²) >= 11 is 2.31. The second-order valence-corrected chi connectivity index (χ2v) is 6.72. The molecule has 2 rings (SSSR count). The first-order valence-electron chi connectivity index (χ1n) is 7.45. The molecule has 0 radical (unpaired) electrons. The summed E-state index contributed by atoms with van der Waals surface area (Å²) in [5, 5.41) is 0. The van der Waals surface area contributed by atoms with Crippen LogP contribution in [0.15, 0.2) is 12.1 Å². The number of hydrogen-bond donors (Lipinski definition) is 0. The molecule has 0 saturated carbocycles. The fourth-order valence-corrected chi connectivity index (χ4v) is 3.58. The first-order valence-corrected chi connectivity index (χ1v) is 8.53. The van der Waals surface area contributed by atoms with E-state index in [-0.39, 0.29) is 0 Å². The van der Waals surface area contributed by atoms with Gasteiger partial charge in [-0.05, 0) is 66.7 Å². The first-order chi connectivity index (χ1) is 10.1. The Morgan fingerprint density at radius 2 is 1.81 bits per heavy atom. The lowest BCUT2D eigenvalue weighted by molar-refractivity contribution is 0.153. The number of likely N-dealkylation sites (N-methyl/N-ethyl adjacent to an activating group) is 1. The highest BCUT2D eigenvalue weighted by atomic mass is 127. The Morgan fingerprint density at radius 3 is 2.43 bits per heavy atom. The summed E-state index contributed by atoms with van der Waals surface area (Å²) in [6.45, 7) is 5.95. The Bertz CT molecular complexity index is 460. The van der Waals surface area contributed by atoms with Gasteiger partial charge in [0.05, 0.1) is 17.8 Å². The van der Waals surface area contributed by atoms with Crippen LogP contribution in [0.4, 0.5) is 0 Å². The third-order valence-corrected chi connectivity index (χ3v) is 4.83. The van der Waals surface area contributed by atoms with Gasteiger partial charge in [-0.15, -0.1) is 0 Å². The molecule has 0 bridgehead atoms. The zero-order chi connectivity index (χ0) is 15.2. The summed E-state index contributed by atoms with van der Waals surface area (Å²) in [5.41, 5.74) is 1.33. The van der Waals surface area contributed by atoms with Gasteiger partial charge < -0.3 is 19.3 Å². The number of nitrogens with zero attached hydrogens (tertiary/aromatic N) is 2. The van der Waals surface area contributed by atoms with E-state index >= 15 is 0 Å². The van der Waals surface area contributed by atoms with E-state index in [0.717, 1.165) is 21.5 Å². The molecule has 1 fully saturated rings. The fraction of sp³-hybridized carbons (Fsp3) is 0.625. The Balaban J connectivity index is 1.87. The molecule has 5 heteroatoms. The minimum atomic E-state index is 0.832. The van der Waals surface area contributed by atoms with Gasteiger partial charge in [-0.3, -0.25) is 0 Å². The predicted octanol–water partition coefficient (Wildman–Crippen LogP) is 2.49. The van der Waals surface area contributed by atoms with E-state index in [0.29, 0.717) is 0 Å². The predicted molar refractivity (Wildman–Crippen MR) is 94.5 cm³/mol. The summed E-state index contributed by atoms with van der Waals surface area (Å²) in [4.78, 5) is 4.96. The lowest BCUT2D eigenvalue weighted by Crippen LogP contribution is -2.44. The van der Waals surface area contributed by atoms with E-state index in [1.54, 1.807) is 14.2 Å². The Kier molecular flexibility index (Phi) is 6.57. The van der Waals surface area contributed by atoms with Gasteiger partial charge in [0.15, 0.2) is 11.5 Å². The standard InChI is InChI=1S/C16H25IN2O2/c1-18-7-9-19(10-8-18)6-4-5-13-11-14(17)16(21-3)15(12-13)20-2/h11-12H,4-10H2,1-3H3. The van der Waals surface area contributed by atoms with Crippen molar-refractivity contribution < 1.29 is 9.47 Å². The topological polar surface area (TPSA) is 24.9 Å². The lowest BCUT2D eigenvalue weighted by Gasteiger charge is -2.32. The molecule has 0 spiro atoms. The van der Waals surface area contributed by atoms with Crippen LogP contribution in [0.2, 0.25) is 0 Å². The molecule has 21 heavy (non-hydrogen) atoms. The third-order valence-electron chi connectivity index (χ3n) is 4.03. The SMILES string of the molecule is COc1cc(CCCN2CCN(C)CC2)cc(I)c1OC. The number of hydrogen-bond acceptors (Lipinski definition) is 4. The van der Waals surface area contributed by atoms with Crippen LogP contribution in [0.3, 0.4) is 0 Å². The van der Waals surface area contributed by atoms with Crippen LogP contribution < -0.4 is 9.47 Å². The summed E-state index contributed by atoms with van der Waals surface area (Å²) in [5.74, 6) is 1.67. The molecule has 0 aromatic heterocycles. The zero-order valence-corrected chi connectivity index (χ0v) is 15.4. The van der Waals surface area contributed by atoms with Crippen molar-refractivity contribution in [3.63, 3.8) is 0 Å². The van der Waals surface area contributed by atoms with Crippen molar-refractivity contribution in [3.05, 3.63) is 21.3 Å². The number of methoxy groups -OCH3 is 2. The van der Waals surface area contributed by atoms with Crippen LogP contribution >= 0.6 is 22.6 Å². The third kappa shape index (κ3) is 4.72. The molecular weight excluding hydrogens is 379 g/mol. The molecule has 118 valence electrons. The quantitative estimate of drug-likeness (QED) is 0.681. The van der Waals surface area contributed by atoms with Crippen molar-refractivity contribution in [2.75, 3.05) is 54.0 Å². The van der Waals surface area contributed by atoms with Crippen LogP contribution in [-0.2, 0) is 6.42 Å². The van der Waals surface area contributed by atoms with Gasteiger partial charge in [-0.25, -0.2) is 0 Å². The maximum atomic E-state index is 5.42. The van der Waals surface area contributed by atoms with E-state index in [1.165, 1.54) is 44.7 Å². The smallest absolute Gasteiger partial charge is 0.174 e. The highest BCUT2D eigenvalue weighted by molar-refractivity contribution is 14.1. The monoisotopic (exact) mass is 404 g/mol. The van der Waals surface area contributed by atoms with E-state index in [1.807, 2.05) is 0 Å². The van der Waals surface area contributed by atoms with E-state index in [9.17, 15) is 0 Å². The molecule has 1 heterocycles. The average Bonchev–Trinajstić information content (AvgIpc) is 2.48. The molecule has 0 atom stereocenters. The van der Waals surface area contributed by atoms with Crippen molar-refractivity contribution in [2.45, 2.75) is 12.8 Å². The normalized spacial score (nSPS) is 17.0. The lowest BCUT2D eigenvalue weighted by atomic mass is 10.1. The summed E-state index contributed by atoms with van der Waals surface area (Å²) in [6.07, 6.45) is 2.28. The van der Waals surface area contributed by atoms with Gasteiger partial charge in [0, 0.05) is 26.2 Å². The van der Waals surface area contributed by atoms with Crippen LogP contribution in [0.5, 0.6) is 11.5 Å². The Morgan fingerprint density at radius 1 is 1.10 bits per heavy atom. The second-order valence-electron chi connectivity index (χ2n) is 5.56. The van der Waals surface area contributed by atoms with Crippen LogP contribution in [0, 0.1) is 3.57 Å². The van der Waals surface area contributed by atoms with Crippen molar-refractivity contribution in [2.24, 2.45) is 0 Å². The van der Waals surface area contributed by atoms with Crippen LogP contribution in [0.1, 0.15) is 12.0 Å². The van der Waals surface area contributed by atoms with Crippen molar-refractivity contribution >= 4 is 22.6 Å². The molecule has 0 unspecified atom stereocenters. The Labute approximate surface area is 141 Å². The van der Waals surface area contributed by atoms with Gasteiger partial charge in [0.2, 0.25) is 0 Å². The fourth-order valence-electron chi connectivity index (χ4n) is 2.69. The molecule has 0 amide bonds. The molecule has 1 aliphatic heterocycles. The largest absolute Gasteiger partial charge is 0.493 e. The highest BCUT2D eigenvalue weighted by Gasteiger charge is 2.14. The number of piperazine rings is 1. The van der Waals surface area contributed by atoms with E-state index in [2.05, 4.69) is 51.6 Å². The molecule has 0 aliphatic carbocycles. The minimum absolute atomic E-state index is 0.832. The molecular formula is C16H25IN2O2. The maximum absolute atomic E-state index is 5.42. The number of halogens is 1. The average molecular weight is 404 g/mol. The van der Waals surface area contributed by atoms with Gasteiger partial charge in [0.25, 0.3) is 0 Å². The van der Waals surface area contributed by atoms with E-state index < -0.39 is 0 Å². The molecule has 1 aliphatic rings. The molecule has 1 saturated heterocycles. The Hall–Kier alpha value is -0.530. The summed E-state index contributed by atoms with van der Waals surface area (Å²) < 4.78 is 11.9.